The van der Waals surface area contributed by atoms with Gasteiger partial charge in [0.25, 0.3) is 0 Å². The lowest BCUT2D eigenvalue weighted by Crippen LogP contribution is -2.29. The first-order valence-corrected chi connectivity index (χ1v) is 20.4. The fourth-order valence-corrected chi connectivity index (χ4v) is 5.21. The van der Waals surface area contributed by atoms with Crippen LogP contribution in [-0.4, -0.2) is 65.7 Å². The Labute approximate surface area is 308 Å². The lowest BCUT2D eigenvalue weighted by atomic mass is 10.1. The molecule has 0 bridgehead atoms. The van der Waals surface area contributed by atoms with Crippen molar-refractivity contribution in [2.24, 2.45) is 0 Å². The number of hydrogen-bond donors (Lipinski definition) is 3. The maximum absolute atomic E-state index is 12.5. The molecule has 0 fully saturated rings. The van der Waals surface area contributed by atoms with Crippen molar-refractivity contribution < 1.29 is 47.8 Å². The Balaban J connectivity index is 4.51. The number of ether oxygens (including phenoxy) is 2. The van der Waals surface area contributed by atoms with Crippen LogP contribution < -0.4 is 0 Å². The summed E-state index contributed by atoms with van der Waals surface area (Å²) < 4.78 is 32.5. The smallest absolute Gasteiger partial charge is 0.462 e. The monoisotopic (exact) mass is 738 g/mol. The van der Waals surface area contributed by atoms with Crippen LogP contribution in [0, 0.1) is 0 Å². The van der Waals surface area contributed by atoms with E-state index in [9.17, 15) is 24.2 Å². The molecule has 11 heteroatoms. The topological polar surface area (TPSA) is 149 Å². The zero-order chi connectivity index (χ0) is 37.7. The second kappa shape index (κ2) is 35.8. The van der Waals surface area contributed by atoms with Gasteiger partial charge in [0.1, 0.15) is 12.7 Å². The predicted octanol–water partition coefficient (Wildman–Crippen LogP) is 9.33. The Hall–Kier alpha value is -2.59. The van der Waals surface area contributed by atoms with Crippen LogP contribution in [-0.2, 0) is 32.7 Å². The van der Waals surface area contributed by atoms with E-state index in [0.29, 0.717) is 19.3 Å². The van der Waals surface area contributed by atoms with Gasteiger partial charge in [0.05, 0.1) is 19.8 Å². The molecule has 0 radical (unpaired) electrons. The van der Waals surface area contributed by atoms with Crippen molar-refractivity contribution in [1.82, 2.24) is 0 Å². The minimum absolute atomic E-state index is 0.100. The first-order valence-electron chi connectivity index (χ1n) is 18.9. The lowest BCUT2D eigenvalue weighted by Gasteiger charge is -2.20. The van der Waals surface area contributed by atoms with Gasteiger partial charge in [-0.15, -0.1) is 0 Å². The molecule has 0 aliphatic rings. The van der Waals surface area contributed by atoms with Crippen LogP contribution in [0.15, 0.2) is 72.9 Å². The molecule has 292 valence electrons. The first kappa shape index (κ1) is 48.4. The predicted molar refractivity (Wildman–Crippen MR) is 205 cm³/mol. The van der Waals surface area contributed by atoms with Gasteiger partial charge in [-0.1, -0.05) is 119 Å². The van der Waals surface area contributed by atoms with Crippen LogP contribution in [0.25, 0.3) is 0 Å². The minimum atomic E-state index is -4.63. The van der Waals surface area contributed by atoms with E-state index >= 15 is 0 Å². The molecule has 0 aliphatic carbocycles. The van der Waals surface area contributed by atoms with E-state index in [1.807, 2.05) is 12.2 Å². The van der Waals surface area contributed by atoms with Gasteiger partial charge in [0.15, 0.2) is 6.10 Å². The van der Waals surface area contributed by atoms with Gasteiger partial charge in [-0.2, -0.15) is 0 Å². The van der Waals surface area contributed by atoms with Crippen molar-refractivity contribution >= 4 is 19.8 Å². The second-order valence-electron chi connectivity index (χ2n) is 12.2. The number of rotatable bonds is 34. The average Bonchev–Trinajstić information content (AvgIpc) is 3.12. The highest BCUT2D eigenvalue weighted by atomic mass is 31.2. The summed E-state index contributed by atoms with van der Waals surface area (Å²) in [6.45, 7) is 2.11. The van der Waals surface area contributed by atoms with Crippen molar-refractivity contribution in [3.63, 3.8) is 0 Å². The fourth-order valence-electron chi connectivity index (χ4n) is 4.42. The van der Waals surface area contributed by atoms with Crippen LogP contribution >= 0.6 is 7.82 Å². The van der Waals surface area contributed by atoms with Gasteiger partial charge >= 0.3 is 19.8 Å². The van der Waals surface area contributed by atoms with E-state index in [0.717, 1.165) is 70.6 Å². The molecular weight excluding hydrogens is 671 g/mol. The summed E-state index contributed by atoms with van der Waals surface area (Å²) in [5.74, 6) is -1.01. The molecule has 0 spiro atoms. The van der Waals surface area contributed by atoms with Crippen molar-refractivity contribution in [3.8, 4) is 0 Å². The van der Waals surface area contributed by atoms with Crippen molar-refractivity contribution in [2.45, 2.75) is 142 Å². The Kier molecular flexibility index (Phi) is 34.0. The van der Waals surface area contributed by atoms with Gasteiger partial charge in [-0.25, -0.2) is 4.57 Å². The van der Waals surface area contributed by atoms with E-state index in [1.54, 1.807) is 0 Å². The standard InChI is InChI=1S/C40H67O10P/c1-3-5-7-9-11-13-15-16-17-18-19-20-22-24-26-28-30-32-40(44)50-38(36-49-51(45,46)48-34-37(42)33-41)35-47-39(43)31-29-27-25-23-21-14-12-10-8-6-4-2/h5,7,10-13,16-17,19-20,24,26,37-38,41-42H,3-4,6,8-9,14-15,18,21-23,25,27-36H2,1-2H3,(H,45,46)/b7-5-,12-10-,13-11-,17-16-,20-19-,26-24-. The normalized spacial score (nSPS) is 14.8. The van der Waals surface area contributed by atoms with Crippen LogP contribution in [0.3, 0.4) is 0 Å². The number of phosphoric acid groups is 1. The third-order valence-corrected chi connectivity index (χ3v) is 8.30. The van der Waals surface area contributed by atoms with E-state index in [2.05, 4.69) is 79.1 Å². The SMILES string of the molecule is CC/C=C\C/C=C\C/C=C\C/C=C\C/C=C\CCCC(=O)OC(COC(=O)CCCCCCC/C=C\CCCC)COP(=O)(O)OCC(O)CO. The molecule has 0 saturated carbocycles. The highest BCUT2D eigenvalue weighted by molar-refractivity contribution is 7.47. The zero-order valence-electron chi connectivity index (χ0n) is 31.3. The van der Waals surface area contributed by atoms with Gasteiger partial charge < -0.3 is 24.6 Å². The number of carbonyl (C=O) groups is 2. The molecule has 0 aromatic rings. The fraction of sp³-hybridized carbons (Fsp3) is 0.650. The highest BCUT2D eigenvalue weighted by Crippen LogP contribution is 2.43. The highest BCUT2D eigenvalue weighted by Gasteiger charge is 2.27. The van der Waals surface area contributed by atoms with E-state index in [1.165, 1.54) is 12.8 Å². The van der Waals surface area contributed by atoms with Crippen molar-refractivity contribution in [3.05, 3.63) is 72.9 Å². The Morgan fingerprint density at radius 2 is 1.10 bits per heavy atom. The van der Waals surface area contributed by atoms with Crippen LogP contribution in [0.5, 0.6) is 0 Å². The number of esters is 2. The first-order chi connectivity index (χ1) is 24.7. The van der Waals surface area contributed by atoms with Gasteiger partial charge in [0, 0.05) is 12.8 Å². The molecule has 0 rings (SSSR count). The molecule has 0 amide bonds. The van der Waals surface area contributed by atoms with E-state index < -0.39 is 51.8 Å². The third-order valence-electron chi connectivity index (χ3n) is 7.34. The number of allylic oxidation sites excluding steroid dienone is 12. The summed E-state index contributed by atoms with van der Waals surface area (Å²) in [6, 6.07) is 0. The van der Waals surface area contributed by atoms with Crippen LogP contribution in [0.1, 0.15) is 129 Å². The molecule has 10 nitrogen and oxygen atoms in total. The van der Waals surface area contributed by atoms with E-state index in [4.69, 9.17) is 19.1 Å². The maximum Gasteiger partial charge on any atom is 0.472 e. The summed E-state index contributed by atoms with van der Waals surface area (Å²) in [4.78, 5) is 34.8. The quantitative estimate of drug-likeness (QED) is 0.0252. The number of aliphatic hydroxyl groups is 2. The number of hydrogen-bond acceptors (Lipinski definition) is 9. The number of phosphoric ester groups is 1. The van der Waals surface area contributed by atoms with Crippen LogP contribution in [0.4, 0.5) is 0 Å². The molecule has 0 saturated heterocycles. The lowest BCUT2D eigenvalue weighted by molar-refractivity contribution is -0.161. The molecular formula is C40H67O10P. The maximum atomic E-state index is 12.5. The second-order valence-corrected chi connectivity index (χ2v) is 13.7. The largest absolute Gasteiger partial charge is 0.472 e. The summed E-state index contributed by atoms with van der Waals surface area (Å²) >= 11 is 0. The number of unbranched alkanes of at least 4 members (excludes halogenated alkanes) is 8. The Bertz CT molecular complexity index is 1080. The molecule has 3 atom stereocenters. The molecule has 3 N–H and O–H groups in total. The van der Waals surface area contributed by atoms with E-state index in [-0.39, 0.29) is 19.4 Å². The number of aliphatic hydroxyl groups excluding tert-OH is 2. The Morgan fingerprint density at radius 3 is 1.71 bits per heavy atom. The van der Waals surface area contributed by atoms with Gasteiger partial charge in [0.2, 0.25) is 0 Å². The molecule has 3 unspecified atom stereocenters. The van der Waals surface area contributed by atoms with Gasteiger partial charge in [-0.05, 0) is 70.6 Å². The summed E-state index contributed by atoms with van der Waals surface area (Å²) in [5.41, 5.74) is 0. The summed E-state index contributed by atoms with van der Waals surface area (Å²) in [7, 11) is -4.63. The minimum Gasteiger partial charge on any atom is -0.462 e. The molecule has 0 aromatic carbocycles. The molecule has 0 aliphatic heterocycles. The van der Waals surface area contributed by atoms with Gasteiger partial charge in [-0.3, -0.25) is 18.6 Å². The molecule has 0 heterocycles. The third kappa shape index (κ3) is 35.6. The number of carbonyl (C=O) groups excluding carboxylic acids is 2. The van der Waals surface area contributed by atoms with Crippen molar-refractivity contribution in [1.29, 1.82) is 0 Å². The molecule has 51 heavy (non-hydrogen) atoms. The summed E-state index contributed by atoms with van der Waals surface area (Å²) in [6.07, 6.45) is 38.8. The van der Waals surface area contributed by atoms with Crippen molar-refractivity contribution in [2.75, 3.05) is 26.4 Å². The summed E-state index contributed by atoms with van der Waals surface area (Å²) in [5, 5.41) is 18.3. The zero-order valence-corrected chi connectivity index (χ0v) is 32.2. The average molecular weight is 739 g/mol. The molecule has 0 aromatic heterocycles. The Morgan fingerprint density at radius 1 is 0.608 bits per heavy atom. The van der Waals surface area contributed by atoms with Crippen LogP contribution in [0.2, 0.25) is 0 Å².